The molecule has 2 N–H and O–H groups in total. The number of rotatable bonds is 5. The van der Waals surface area contributed by atoms with Gasteiger partial charge in [-0.25, -0.2) is 0 Å². The van der Waals surface area contributed by atoms with Crippen molar-refractivity contribution in [2.45, 2.75) is 6.10 Å². The number of hydrogen-bond donors (Lipinski definition) is 1. The second-order valence-electron chi connectivity index (χ2n) is 3.91. The Balaban J connectivity index is 2.33. The van der Waals surface area contributed by atoms with E-state index in [0.29, 0.717) is 12.5 Å². The van der Waals surface area contributed by atoms with E-state index in [1.807, 2.05) is 24.3 Å². The van der Waals surface area contributed by atoms with Crippen LogP contribution in [0, 0.1) is 0 Å². The maximum absolute atomic E-state index is 5.70. The van der Waals surface area contributed by atoms with E-state index in [-0.39, 0.29) is 6.10 Å². The maximum Gasteiger partial charge on any atom is 0.229 e. The second-order valence-corrected chi connectivity index (χ2v) is 3.91. The van der Waals surface area contributed by atoms with Crippen LogP contribution >= 0.6 is 0 Å². The van der Waals surface area contributed by atoms with Crippen LogP contribution in [-0.2, 0) is 9.47 Å². The van der Waals surface area contributed by atoms with Gasteiger partial charge in [-0.3, -0.25) is 0 Å². The Morgan fingerprint density at radius 2 is 2.22 bits per heavy atom. The molecule has 0 amide bonds. The molecule has 1 unspecified atom stereocenters. The summed E-state index contributed by atoms with van der Waals surface area (Å²) in [5.41, 5.74) is 8.46. The van der Waals surface area contributed by atoms with Crippen molar-refractivity contribution in [3.05, 3.63) is 36.0 Å². The van der Waals surface area contributed by atoms with Crippen LogP contribution in [0.2, 0.25) is 0 Å². The molecule has 0 saturated heterocycles. The van der Waals surface area contributed by atoms with E-state index in [2.05, 4.69) is 5.16 Å². The fourth-order valence-corrected chi connectivity index (χ4v) is 1.82. The van der Waals surface area contributed by atoms with Gasteiger partial charge >= 0.3 is 0 Å². The number of ether oxygens (including phenoxy) is 2. The van der Waals surface area contributed by atoms with Crippen LogP contribution in [0.15, 0.2) is 35.0 Å². The third kappa shape index (κ3) is 2.52. The van der Waals surface area contributed by atoms with E-state index in [0.717, 1.165) is 16.7 Å². The lowest BCUT2D eigenvalue weighted by atomic mass is 10.0. The zero-order chi connectivity index (χ0) is 13.0. The molecule has 5 nitrogen and oxygen atoms in total. The summed E-state index contributed by atoms with van der Waals surface area (Å²) < 4.78 is 15.4. The Morgan fingerprint density at radius 1 is 1.39 bits per heavy atom. The fraction of sp³-hybridized carbons (Fsp3) is 0.308. The Bertz CT molecular complexity index is 510. The molecule has 0 fully saturated rings. The quantitative estimate of drug-likeness (QED) is 0.878. The fourth-order valence-electron chi connectivity index (χ4n) is 1.82. The summed E-state index contributed by atoms with van der Waals surface area (Å²) in [6.45, 7) is 0.499. The average Bonchev–Trinajstić information content (AvgIpc) is 2.82. The zero-order valence-corrected chi connectivity index (χ0v) is 10.4. The summed E-state index contributed by atoms with van der Waals surface area (Å²) in [6, 6.07) is 7.88. The van der Waals surface area contributed by atoms with Crippen molar-refractivity contribution in [2.75, 3.05) is 26.6 Å². The first kappa shape index (κ1) is 12.6. The van der Waals surface area contributed by atoms with Crippen molar-refractivity contribution in [1.82, 2.24) is 5.16 Å². The van der Waals surface area contributed by atoms with Gasteiger partial charge in [0.15, 0.2) is 0 Å². The van der Waals surface area contributed by atoms with E-state index in [1.165, 1.54) is 0 Å². The minimum Gasteiger partial charge on any atom is -0.382 e. The molecule has 1 heterocycles. The number of benzene rings is 1. The molecule has 2 rings (SSSR count). The van der Waals surface area contributed by atoms with Gasteiger partial charge in [0.2, 0.25) is 5.88 Å². The lowest BCUT2D eigenvalue weighted by molar-refractivity contribution is 0.0275. The molecule has 0 radical (unpaired) electrons. The van der Waals surface area contributed by atoms with E-state index in [1.54, 1.807) is 20.4 Å². The summed E-state index contributed by atoms with van der Waals surface area (Å²) in [6.07, 6.45) is 1.50. The number of anilines is 1. The Hall–Kier alpha value is -1.85. The van der Waals surface area contributed by atoms with Crippen molar-refractivity contribution in [2.24, 2.45) is 0 Å². The van der Waals surface area contributed by atoms with Gasteiger partial charge in [0, 0.05) is 14.2 Å². The number of nitrogen functional groups attached to an aromatic ring is 1. The highest BCUT2D eigenvalue weighted by molar-refractivity contribution is 5.72. The number of aromatic nitrogens is 1. The van der Waals surface area contributed by atoms with E-state index < -0.39 is 0 Å². The lowest BCUT2D eigenvalue weighted by Crippen LogP contribution is -2.08. The van der Waals surface area contributed by atoms with Gasteiger partial charge in [0.1, 0.15) is 6.10 Å². The second kappa shape index (κ2) is 5.66. The van der Waals surface area contributed by atoms with Crippen LogP contribution in [0.1, 0.15) is 11.7 Å². The molecule has 0 aliphatic rings. The Labute approximate surface area is 105 Å². The topological polar surface area (TPSA) is 70.5 Å². The Morgan fingerprint density at radius 3 is 2.83 bits per heavy atom. The molecule has 18 heavy (non-hydrogen) atoms. The molecular weight excluding hydrogens is 232 g/mol. The molecule has 0 saturated carbocycles. The summed E-state index contributed by atoms with van der Waals surface area (Å²) in [5.74, 6) is 0.313. The Kier molecular flexibility index (Phi) is 3.96. The van der Waals surface area contributed by atoms with Crippen molar-refractivity contribution in [3.63, 3.8) is 0 Å². The average molecular weight is 248 g/mol. The van der Waals surface area contributed by atoms with Gasteiger partial charge in [-0.05, 0) is 17.2 Å². The molecule has 5 heteroatoms. The summed E-state index contributed by atoms with van der Waals surface area (Å²) >= 11 is 0. The molecule has 0 aliphatic carbocycles. The third-order valence-electron chi connectivity index (χ3n) is 2.77. The highest BCUT2D eigenvalue weighted by Gasteiger charge is 2.13. The maximum atomic E-state index is 5.70. The minimum atomic E-state index is -0.101. The number of methoxy groups -OCH3 is 2. The molecular formula is C13H16N2O3. The van der Waals surface area contributed by atoms with Gasteiger partial charge < -0.3 is 19.7 Å². The highest BCUT2D eigenvalue weighted by Crippen LogP contribution is 2.28. The SMILES string of the molecule is COCC(OC)c1cccc(-c2cnoc2N)c1. The summed E-state index contributed by atoms with van der Waals surface area (Å²) in [5, 5.41) is 3.67. The van der Waals surface area contributed by atoms with Crippen LogP contribution in [0.5, 0.6) is 0 Å². The zero-order valence-electron chi connectivity index (χ0n) is 10.4. The van der Waals surface area contributed by atoms with Crippen LogP contribution in [0.4, 0.5) is 5.88 Å². The predicted octanol–water partition coefficient (Wildman–Crippen LogP) is 2.26. The first-order valence-electron chi connectivity index (χ1n) is 5.58. The van der Waals surface area contributed by atoms with Crippen molar-refractivity contribution >= 4 is 5.88 Å². The van der Waals surface area contributed by atoms with Gasteiger partial charge in [-0.1, -0.05) is 23.4 Å². The largest absolute Gasteiger partial charge is 0.382 e. The first-order valence-corrected chi connectivity index (χ1v) is 5.58. The van der Waals surface area contributed by atoms with Crippen LogP contribution in [0.25, 0.3) is 11.1 Å². The van der Waals surface area contributed by atoms with Crippen LogP contribution in [-0.4, -0.2) is 26.0 Å². The van der Waals surface area contributed by atoms with Gasteiger partial charge in [0.05, 0.1) is 18.4 Å². The van der Waals surface area contributed by atoms with Crippen molar-refractivity contribution in [3.8, 4) is 11.1 Å². The summed E-state index contributed by atoms with van der Waals surface area (Å²) in [7, 11) is 3.30. The summed E-state index contributed by atoms with van der Waals surface area (Å²) in [4.78, 5) is 0. The van der Waals surface area contributed by atoms with E-state index >= 15 is 0 Å². The molecule has 1 atom stereocenters. The first-order chi connectivity index (χ1) is 8.76. The molecule has 1 aromatic carbocycles. The minimum absolute atomic E-state index is 0.101. The highest BCUT2D eigenvalue weighted by atomic mass is 16.5. The molecule has 0 aliphatic heterocycles. The standard InChI is InChI=1S/C13H16N2O3/c1-16-8-12(17-2)10-5-3-4-9(6-10)11-7-15-18-13(11)14/h3-7,12H,8,14H2,1-2H3. The number of nitrogens with zero attached hydrogens (tertiary/aromatic N) is 1. The van der Waals surface area contributed by atoms with E-state index in [9.17, 15) is 0 Å². The monoisotopic (exact) mass is 248 g/mol. The van der Waals surface area contributed by atoms with Crippen molar-refractivity contribution in [1.29, 1.82) is 0 Å². The van der Waals surface area contributed by atoms with E-state index in [4.69, 9.17) is 19.7 Å². The van der Waals surface area contributed by atoms with Crippen LogP contribution < -0.4 is 5.73 Å². The van der Waals surface area contributed by atoms with Gasteiger partial charge in [-0.15, -0.1) is 0 Å². The predicted molar refractivity (Wildman–Crippen MR) is 68.0 cm³/mol. The van der Waals surface area contributed by atoms with Gasteiger partial charge in [0.25, 0.3) is 0 Å². The van der Waals surface area contributed by atoms with Crippen molar-refractivity contribution < 1.29 is 14.0 Å². The smallest absolute Gasteiger partial charge is 0.229 e. The molecule has 96 valence electrons. The number of hydrogen-bond acceptors (Lipinski definition) is 5. The van der Waals surface area contributed by atoms with Gasteiger partial charge in [-0.2, -0.15) is 0 Å². The molecule has 0 bridgehead atoms. The molecule has 0 spiro atoms. The number of nitrogens with two attached hydrogens (primary N) is 1. The molecule has 2 aromatic rings. The van der Waals surface area contributed by atoms with Crippen LogP contribution in [0.3, 0.4) is 0 Å². The third-order valence-corrected chi connectivity index (χ3v) is 2.77. The lowest BCUT2D eigenvalue weighted by Gasteiger charge is -2.15. The normalized spacial score (nSPS) is 12.6. The molecule has 1 aromatic heterocycles.